The molecule has 1 saturated carbocycles. The topological polar surface area (TPSA) is 51.7 Å². The van der Waals surface area contributed by atoms with Crippen LogP contribution < -0.4 is 0 Å². The zero-order valence-corrected chi connectivity index (χ0v) is 14.9. The summed E-state index contributed by atoms with van der Waals surface area (Å²) in [4.78, 5) is 18.9. The van der Waals surface area contributed by atoms with E-state index in [1.165, 1.54) is 19.3 Å². The number of hydrogen-bond acceptors (Lipinski definition) is 4. The molecule has 3 heterocycles. The summed E-state index contributed by atoms with van der Waals surface area (Å²) in [5.41, 5.74) is 0.680. The zero-order valence-electron chi connectivity index (χ0n) is 14.9. The standard InChI is InChI=1S/C20H28N2O3/c23-19(17-5-9-21-10-6-17)22-11-7-18-20(14-22,8-2-12-25-18)15-24-13-16-3-1-4-16/h5-6,9-10,16,18H,1-4,7-8,11-15H2/t18-,20+/m0/s1. The summed E-state index contributed by atoms with van der Waals surface area (Å²) in [5, 5.41) is 0. The molecule has 1 amide bonds. The first-order valence-corrected chi connectivity index (χ1v) is 9.65. The van der Waals surface area contributed by atoms with Crippen molar-refractivity contribution >= 4 is 5.91 Å². The van der Waals surface area contributed by atoms with Crippen LogP contribution in [-0.2, 0) is 9.47 Å². The average molecular weight is 344 g/mol. The Hall–Kier alpha value is -1.46. The summed E-state index contributed by atoms with van der Waals surface area (Å²) < 4.78 is 12.2. The minimum atomic E-state index is -0.0388. The van der Waals surface area contributed by atoms with Crippen LogP contribution in [0.1, 0.15) is 48.9 Å². The number of ether oxygens (including phenoxy) is 2. The van der Waals surface area contributed by atoms with Crippen molar-refractivity contribution in [2.75, 3.05) is 32.9 Å². The molecule has 1 aromatic heterocycles. The van der Waals surface area contributed by atoms with E-state index >= 15 is 0 Å². The molecular formula is C20H28N2O3. The highest BCUT2D eigenvalue weighted by Crippen LogP contribution is 2.41. The molecule has 0 bridgehead atoms. The fraction of sp³-hybridized carbons (Fsp3) is 0.700. The van der Waals surface area contributed by atoms with Gasteiger partial charge < -0.3 is 14.4 Å². The van der Waals surface area contributed by atoms with Gasteiger partial charge >= 0.3 is 0 Å². The molecule has 2 aliphatic heterocycles. The highest BCUT2D eigenvalue weighted by atomic mass is 16.5. The number of likely N-dealkylation sites (tertiary alicyclic amines) is 1. The maximum absolute atomic E-state index is 12.9. The first-order chi connectivity index (χ1) is 12.3. The summed E-state index contributed by atoms with van der Waals surface area (Å²) in [6.45, 7) is 3.92. The van der Waals surface area contributed by atoms with E-state index in [1.807, 2.05) is 4.90 Å². The summed E-state index contributed by atoms with van der Waals surface area (Å²) in [5.74, 6) is 0.849. The van der Waals surface area contributed by atoms with Crippen LogP contribution in [0.5, 0.6) is 0 Å². The van der Waals surface area contributed by atoms with E-state index in [2.05, 4.69) is 4.98 Å². The van der Waals surface area contributed by atoms with Crippen molar-refractivity contribution in [2.24, 2.45) is 11.3 Å². The van der Waals surface area contributed by atoms with Gasteiger partial charge in [-0.05, 0) is 50.2 Å². The molecule has 2 atom stereocenters. The highest BCUT2D eigenvalue weighted by Gasteiger charge is 2.47. The van der Waals surface area contributed by atoms with E-state index in [4.69, 9.17) is 9.47 Å². The van der Waals surface area contributed by atoms with Gasteiger partial charge in [0.15, 0.2) is 0 Å². The number of carbonyl (C=O) groups excluding carboxylic acids is 1. The largest absolute Gasteiger partial charge is 0.380 e. The first kappa shape index (κ1) is 17.0. The van der Waals surface area contributed by atoms with Crippen molar-refractivity contribution in [3.63, 3.8) is 0 Å². The van der Waals surface area contributed by atoms with E-state index in [-0.39, 0.29) is 17.4 Å². The molecule has 25 heavy (non-hydrogen) atoms. The Kier molecular flexibility index (Phi) is 5.04. The Balaban J connectivity index is 1.44. The van der Waals surface area contributed by atoms with Crippen molar-refractivity contribution in [1.29, 1.82) is 0 Å². The molecule has 1 aromatic rings. The molecule has 5 heteroatoms. The molecule has 0 aromatic carbocycles. The molecule has 4 rings (SSSR count). The predicted molar refractivity (Wildman–Crippen MR) is 94.3 cm³/mol. The van der Waals surface area contributed by atoms with Gasteiger partial charge in [-0.15, -0.1) is 0 Å². The average Bonchev–Trinajstić information content (AvgIpc) is 2.63. The number of piperidine rings is 1. The van der Waals surface area contributed by atoms with E-state index < -0.39 is 0 Å². The number of carbonyl (C=O) groups is 1. The van der Waals surface area contributed by atoms with Crippen molar-refractivity contribution in [1.82, 2.24) is 9.88 Å². The SMILES string of the molecule is O=C(c1ccncc1)N1CC[C@@H]2OCCC[C@]2(COCC2CCC2)C1. The molecule has 0 N–H and O–H groups in total. The normalized spacial score (nSPS) is 29.8. The van der Waals surface area contributed by atoms with Gasteiger partial charge in [-0.25, -0.2) is 0 Å². The molecule has 3 aliphatic rings. The maximum atomic E-state index is 12.9. The number of pyridine rings is 1. The number of hydrogen-bond donors (Lipinski definition) is 0. The third-order valence-electron chi connectivity index (χ3n) is 6.17. The number of nitrogens with zero attached hydrogens (tertiary/aromatic N) is 2. The number of rotatable bonds is 5. The Morgan fingerprint density at radius 1 is 1.28 bits per heavy atom. The summed E-state index contributed by atoms with van der Waals surface area (Å²) >= 11 is 0. The van der Waals surface area contributed by atoms with Crippen molar-refractivity contribution in [3.05, 3.63) is 30.1 Å². The van der Waals surface area contributed by atoms with Crippen LogP contribution in [0.25, 0.3) is 0 Å². The van der Waals surface area contributed by atoms with Crippen molar-refractivity contribution < 1.29 is 14.3 Å². The van der Waals surface area contributed by atoms with Gasteiger partial charge in [-0.3, -0.25) is 9.78 Å². The van der Waals surface area contributed by atoms with E-state index in [0.717, 1.165) is 57.0 Å². The Morgan fingerprint density at radius 2 is 2.12 bits per heavy atom. The molecule has 0 spiro atoms. The Labute approximate surface area is 149 Å². The fourth-order valence-corrected chi connectivity index (χ4v) is 4.44. The number of aromatic nitrogens is 1. The van der Waals surface area contributed by atoms with Gasteiger partial charge in [0, 0.05) is 49.7 Å². The maximum Gasteiger partial charge on any atom is 0.253 e. The Bertz CT molecular complexity index is 590. The van der Waals surface area contributed by atoms with Crippen LogP contribution in [0.15, 0.2) is 24.5 Å². The smallest absolute Gasteiger partial charge is 0.253 e. The molecule has 136 valence electrons. The first-order valence-electron chi connectivity index (χ1n) is 9.65. The zero-order chi connectivity index (χ0) is 17.1. The fourth-order valence-electron chi connectivity index (χ4n) is 4.44. The summed E-state index contributed by atoms with van der Waals surface area (Å²) in [6, 6.07) is 3.59. The van der Waals surface area contributed by atoms with Gasteiger partial charge in [-0.2, -0.15) is 0 Å². The van der Waals surface area contributed by atoms with Crippen LogP contribution >= 0.6 is 0 Å². The van der Waals surface area contributed by atoms with Crippen LogP contribution in [0.3, 0.4) is 0 Å². The lowest BCUT2D eigenvalue weighted by molar-refractivity contribution is -0.150. The summed E-state index contributed by atoms with van der Waals surface area (Å²) in [6.07, 6.45) is 10.6. The highest BCUT2D eigenvalue weighted by molar-refractivity contribution is 5.94. The molecule has 0 unspecified atom stereocenters. The minimum absolute atomic E-state index is 0.0388. The van der Waals surface area contributed by atoms with Gasteiger partial charge in [0.2, 0.25) is 0 Å². The number of amides is 1. The van der Waals surface area contributed by atoms with Crippen molar-refractivity contribution in [3.8, 4) is 0 Å². The van der Waals surface area contributed by atoms with E-state index in [0.29, 0.717) is 6.61 Å². The monoisotopic (exact) mass is 344 g/mol. The van der Waals surface area contributed by atoms with Crippen molar-refractivity contribution in [2.45, 2.75) is 44.6 Å². The quantitative estimate of drug-likeness (QED) is 0.824. The van der Waals surface area contributed by atoms with Crippen LogP contribution in [0.4, 0.5) is 0 Å². The third kappa shape index (κ3) is 3.58. The van der Waals surface area contributed by atoms with Gasteiger partial charge in [0.1, 0.15) is 0 Å². The second-order valence-corrected chi connectivity index (χ2v) is 7.89. The third-order valence-corrected chi connectivity index (χ3v) is 6.17. The second-order valence-electron chi connectivity index (χ2n) is 7.89. The van der Waals surface area contributed by atoms with E-state index in [1.54, 1.807) is 24.5 Å². The molecular weight excluding hydrogens is 316 g/mol. The molecule has 5 nitrogen and oxygen atoms in total. The lowest BCUT2D eigenvalue weighted by Crippen LogP contribution is -2.58. The molecule has 0 radical (unpaired) electrons. The van der Waals surface area contributed by atoms with Gasteiger partial charge in [0.25, 0.3) is 5.91 Å². The Morgan fingerprint density at radius 3 is 2.88 bits per heavy atom. The molecule has 1 aliphatic carbocycles. The van der Waals surface area contributed by atoms with Crippen LogP contribution in [0.2, 0.25) is 0 Å². The van der Waals surface area contributed by atoms with Gasteiger partial charge in [0.05, 0.1) is 12.7 Å². The predicted octanol–water partition coefficient (Wildman–Crippen LogP) is 2.91. The minimum Gasteiger partial charge on any atom is -0.380 e. The van der Waals surface area contributed by atoms with E-state index in [9.17, 15) is 4.79 Å². The van der Waals surface area contributed by atoms with Crippen LogP contribution in [0, 0.1) is 11.3 Å². The number of fused-ring (bicyclic) bond motifs is 1. The lowest BCUT2D eigenvalue weighted by Gasteiger charge is -2.50. The van der Waals surface area contributed by atoms with Crippen LogP contribution in [-0.4, -0.2) is 54.8 Å². The lowest BCUT2D eigenvalue weighted by atomic mass is 9.73. The summed E-state index contributed by atoms with van der Waals surface area (Å²) in [7, 11) is 0. The molecule has 2 saturated heterocycles. The van der Waals surface area contributed by atoms with Gasteiger partial charge in [-0.1, -0.05) is 6.42 Å². The molecule has 3 fully saturated rings. The second kappa shape index (κ2) is 7.42.